The number of amides is 2. The van der Waals surface area contributed by atoms with E-state index in [1.54, 1.807) is 25.1 Å². The van der Waals surface area contributed by atoms with E-state index >= 15 is 0 Å². The molecule has 0 atom stereocenters. The van der Waals surface area contributed by atoms with Gasteiger partial charge in [0.1, 0.15) is 13.2 Å². The van der Waals surface area contributed by atoms with Crippen molar-refractivity contribution in [3.8, 4) is 0 Å². The number of carbonyl (C=O) groups excluding carboxylic acids is 3. The van der Waals surface area contributed by atoms with E-state index in [2.05, 4.69) is 17.2 Å². The lowest BCUT2D eigenvalue weighted by atomic mass is 10.2. The summed E-state index contributed by atoms with van der Waals surface area (Å²) >= 11 is 0. The minimum Gasteiger partial charge on any atom is -0.459 e. The van der Waals surface area contributed by atoms with Gasteiger partial charge in [-0.05, 0) is 58.7 Å². The molecule has 0 bridgehead atoms. The fourth-order valence-electron chi connectivity index (χ4n) is 2.98. The van der Waals surface area contributed by atoms with Crippen LogP contribution in [0.4, 0.5) is 21.0 Å². The highest BCUT2D eigenvalue weighted by atomic mass is 28.4. The molecule has 0 saturated carbocycles. The summed E-state index contributed by atoms with van der Waals surface area (Å²) in [5.41, 5.74) is 1.88. The van der Waals surface area contributed by atoms with Crippen molar-refractivity contribution in [2.75, 3.05) is 50.3 Å². The molecule has 2 N–H and O–H groups in total. The summed E-state index contributed by atoms with van der Waals surface area (Å²) in [5, 5.41) is 5.22. The summed E-state index contributed by atoms with van der Waals surface area (Å²) in [7, 11) is -2.79. The van der Waals surface area contributed by atoms with Crippen LogP contribution in [0.15, 0.2) is 30.4 Å². The van der Waals surface area contributed by atoms with Crippen LogP contribution in [0.2, 0.25) is 6.04 Å². The van der Waals surface area contributed by atoms with Crippen LogP contribution in [-0.2, 0) is 32.3 Å². The predicted octanol–water partition coefficient (Wildman–Crippen LogP) is 4.65. The van der Waals surface area contributed by atoms with Crippen molar-refractivity contribution in [2.45, 2.75) is 47.1 Å². The SMILES string of the molecule is C=C(C)C(=O)OCCOC(=O)Nc1cc(NC(=O)OCCC[Si](OCC)(OCC)OCC)ccc1C. The molecule has 1 aromatic carbocycles. The molecule has 0 aromatic heterocycles. The van der Waals surface area contributed by atoms with Crippen LogP contribution in [0.1, 0.15) is 39.7 Å². The third-order valence-electron chi connectivity index (χ3n) is 4.57. The number of hydrogen-bond donors (Lipinski definition) is 2. The number of esters is 1. The average molecular weight is 527 g/mol. The molecule has 2 amide bonds. The topological polar surface area (TPSA) is 131 Å². The van der Waals surface area contributed by atoms with E-state index in [1.807, 2.05) is 20.8 Å². The molecule has 202 valence electrons. The molecule has 0 aliphatic carbocycles. The Morgan fingerprint density at radius 1 is 0.861 bits per heavy atom. The Morgan fingerprint density at radius 2 is 1.42 bits per heavy atom. The van der Waals surface area contributed by atoms with Gasteiger partial charge in [0.2, 0.25) is 0 Å². The maximum absolute atomic E-state index is 12.2. The van der Waals surface area contributed by atoms with Crippen molar-refractivity contribution >= 4 is 38.3 Å². The van der Waals surface area contributed by atoms with Gasteiger partial charge >= 0.3 is 27.0 Å². The van der Waals surface area contributed by atoms with Gasteiger partial charge in [0, 0.05) is 42.8 Å². The van der Waals surface area contributed by atoms with E-state index < -0.39 is 27.0 Å². The first-order valence-corrected chi connectivity index (χ1v) is 13.8. The Kier molecular flexibility index (Phi) is 14.4. The Balaban J connectivity index is 2.52. The summed E-state index contributed by atoms with van der Waals surface area (Å²) in [5.74, 6) is -0.556. The summed E-state index contributed by atoms with van der Waals surface area (Å²) in [6, 6.07) is 5.52. The first kappa shape index (κ1) is 31.1. The summed E-state index contributed by atoms with van der Waals surface area (Å²) < 4.78 is 32.5. The minimum atomic E-state index is -2.79. The average Bonchev–Trinajstić information content (AvgIpc) is 2.82. The fourth-order valence-corrected chi connectivity index (χ4v) is 5.56. The quantitative estimate of drug-likeness (QED) is 0.104. The van der Waals surface area contributed by atoms with Crippen LogP contribution in [0.3, 0.4) is 0 Å². The fraction of sp³-hybridized carbons (Fsp3) is 0.542. The molecule has 0 saturated heterocycles. The van der Waals surface area contributed by atoms with Gasteiger partial charge in [0.25, 0.3) is 0 Å². The van der Waals surface area contributed by atoms with Crippen molar-refractivity contribution in [1.29, 1.82) is 0 Å². The zero-order chi connectivity index (χ0) is 27.0. The lowest BCUT2D eigenvalue weighted by Gasteiger charge is -2.28. The highest BCUT2D eigenvalue weighted by molar-refractivity contribution is 6.60. The third-order valence-corrected chi connectivity index (χ3v) is 7.72. The van der Waals surface area contributed by atoms with Crippen LogP contribution < -0.4 is 10.6 Å². The molecule has 0 aliphatic rings. The number of anilines is 2. The molecule has 1 rings (SSSR count). The van der Waals surface area contributed by atoms with Crippen LogP contribution >= 0.6 is 0 Å². The Labute approximate surface area is 213 Å². The molecule has 1 aromatic rings. The predicted molar refractivity (Wildman–Crippen MR) is 137 cm³/mol. The zero-order valence-corrected chi connectivity index (χ0v) is 22.8. The molecular weight excluding hydrogens is 488 g/mol. The number of benzene rings is 1. The molecule has 0 heterocycles. The maximum Gasteiger partial charge on any atom is 0.501 e. The number of ether oxygens (including phenoxy) is 3. The molecule has 0 radical (unpaired) electrons. The molecule has 0 spiro atoms. The van der Waals surface area contributed by atoms with E-state index in [-0.39, 0.29) is 25.4 Å². The number of aryl methyl sites for hydroxylation is 1. The molecular formula is C24H38N2O9Si. The zero-order valence-electron chi connectivity index (χ0n) is 21.8. The number of nitrogens with one attached hydrogen (secondary N) is 2. The minimum absolute atomic E-state index is 0.0884. The largest absolute Gasteiger partial charge is 0.501 e. The summed E-state index contributed by atoms with van der Waals surface area (Å²) in [6.07, 6.45) is -0.841. The first-order chi connectivity index (χ1) is 17.2. The monoisotopic (exact) mass is 526 g/mol. The van der Waals surface area contributed by atoms with Gasteiger partial charge < -0.3 is 27.5 Å². The van der Waals surface area contributed by atoms with Crippen LogP contribution in [0, 0.1) is 6.92 Å². The molecule has 11 nitrogen and oxygen atoms in total. The lowest BCUT2D eigenvalue weighted by Crippen LogP contribution is -2.46. The van der Waals surface area contributed by atoms with Gasteiger partial charge in [-0.2, -0.15) is 0 Å². The second kappa shape index (κ2) is 16.7. The molecule has 0 fully saturated rings. The molecule has 0 aliphatic heterocycles. The number of hydrogen-bond acceptors (Lipinski definition) is 9. The second-order valence-electron chi connectivity index (χ2n) is 7.55. The Hall–Kier alpha value is -2.93. The van der Waals surface area contributed by atoms with E-state index in [1.165, 1.54) is 6.92 Å². The smallest absolute Gasteiger partial charge is 0.459 e. The van der Waals surface area contributed by atoms with Crippen molar-refractivity contribution in [3.63, 3.8) is 0 Å². The number of rotatable bonds is 16. The standard InChI is InChI=1S/C24H38N2O9Si/c1-7-33-36(34-8-2,35-9-3)16-10-13-31-23(28)25-20-12-11-19(6)21(17-20)26-24(29)32-15-14-30-22(27)18(4)5/h11-12,17H,4,7-10,13-16H2,1-3,5-6H3,(H,25,28)(H,26,29). The van der Waals surface area contributed by atoms with E-state index in [9.17, 15) is 14.4 Å². The van der Waals surface area contributed by atoms with E-state index in [0.717, 1.165) is 5.56 Å². The van der Waals surface area contributed by atoms with Gasteiger partial charge in [0.15, 0.2) is 0 Å². The van der Waals surface area contributed by atoms with Crippen LogP contribution in [-0.4, -0.2) is 66.6 Å². The lowest BCUT2D eigenvalue weighted by molar-refractivity contribution is -0.139. The van der Waals surface area contributed by atoms with E-state index in [0.29, 0.717) is 43.7 Å². The second-order valence-corrected chi connectivity index (χ2v) is 10.3. The Morgan fingerprint density at radius 3 is 2.00 bits per heavy atom. The first-order valence-electron chi connectivity index (χ1n) is 11.9. The number of carbonyl (C=O) groups is 3. The molecule has 36 heavy (non-hydrogen) atoms. The van der Waals surface area contributed by atoms with E-state index in [4.69, 9.17) is 27.5 Å². The van der Waals surface area contributed by atoms with Gasteiger partial charge in [-0.3, -0.25) is 10.6 Å². The normalized spacial score (nSPS) is 10.9. The highest BCUT2D eigenvalue weighted by Gasteiger charge is 2.39. The molecule has 12 heteroatoms. The van der Waals surface area contributed by atoms with Gasteiger partial charge in [-0.25, -0.2) is 14.4 Å². The van der Waals surface area contributed by atoms with Gasteiger partial charge in [-0.1, -0.05) is 12.6 Å². The Bertz CT molecular complexity index is 862. The van der Waals surface area contributed by atoms with Crippen molar-refractivity contribution in [3.05, 3.63) is 35.9 Å². The van der Waals surface area contributed by atoms with Gasteiger partial charge in [0.05, 0.1) is 6.61 Å². The van der Waals surface area contributed by atoms with Gasteiger partial charge in [-0.15, -0.1) is 0 Å². The summed E-state index contributed by atoms with van der Waals surface area (Å²) in [4.78, 5) is 35.6. The van der Waals surface area contributed by atoms with Crippen LogP contribution in [0.25, 0.3) is 0 Å². The van der Waals surface area contributed by atoms with Crippen molar-refractivity contribution in [1.82, 2.24) is 0 Å². The highest BCUT2D eigenvalue weighted by Crippen LogP contribution is 2.21. The molecule has 0 unspecified atom stereocenters. The van der Waals surface area contributed by atoms with Crippen LogP contribution in [0.5, 0.6) is 0 Å². The van der Waals surface area contributed by atoms with Crippen molar-refractivity contribution in [2.24, 2.45) is 0 Å². The maximum atomic E-state index is 12.2. The van der Waals surface area contributed by atoms with Crippen molar-refractivity contribution < 1.29 is 41.9 Å². The summed E-state index contributed by atoms with van der Waals surface area (Å²) in [6.45, 7) is 13.8. The third kappa shape index (κ3) is 11.7.